The van der Waals surface area contributed by atoms with E-state index in [-0.39, 0.29) is 22.7 Å². The van der Waals surface area contributed by atoms with Gasteiger partial charge in [-0.2, -0.15) is 4.39 Å². The first-order valence-corrected chi connectivity index (χ1v) is 6.97. The number of ether oxygens (including phenoxy) is 3. The first-order chi connectivity index (χ1) is 11.9. The third kappa shape index (κ3) is 3.60. The summed E-state index contributed by atoms with van der Waals surface area (Å²) in [6.45, 7) is 0. The molecule has 0 aliphatic carbocycles. The van der Waals surface area contributed by atoms with Crippen LogP contribution in [-0.2, 0) is 0 Å². The molecule has 0 aliphatic heterocycles. The molecule has 0 radical (unpaired) electrons. The summed E-state index contributed by atoms with van der Waals surface area (Å²) in [5, 5.41) is 13.2. The highest BCUT2D eigenvalue weighted by Crippen LogP contribution is 2.40. The van der Waals surface area contributed by atoms with Gasteiger partial charge in [-0.1, -0.05) is 0 Å². The number of rotatable bonds is 6. The molecule has 0 bridgehead atoms. The Kier molecular flexibility index (Phi) is 5.38. The standard InChI is InChI=1S/C16H15FN2O6/c1-23-13-7-5-10(14(24-2)15(13)25-3)16(20)18-9-4-6-11(17)12(8-9)19(21)22/h4-8H,1-3H3,(H,18,20). The third-order valence-electron chi connectivity index (χ3n) is 3.35. The Morgan fingerprint density at radius 1 is 1.08 bits per heavy atom. The number of nitro benzene ring substituents is 1. The maximum absolute atomic E-state index is 13.4. The number of benzene rings is 2. The van der Waals surface area contributed by atoms with E-state index in [1.807, 2.05) is 0 Å². The largest absolute Gasteiger partial charge is 0.493 e. The molecule has 0 saturated carbocycles. The number of methoxy groups -OCH3 is 3. The van der Waals surface area contributed by atoms with Crippen LogP contribution in [0.3, 0.4) is 0 Å². The lowest BCUT2D eigenvalue weighted by Crippen LogP contribution is -2.14. The summed E-state index contributed by atoms with van der Waals surface area (Å²) < 4.78 is 28.9. The Hall–Kier alpha value is -3.36. The quantitative estimate of drug-likeness (QED) is 0.635. The van der Waals surface area contributed by atoms with E-state index in [0.29, 0.717) is 5.75 Å². The van der Waals surface area contributed by atoms with E-state index in [9.17, 15) is 19.3 Å². The molecule has 0 unspecified atom stereocenters. The number of nitro groups is 1. The Bertz CT molecular complexity index is 825. The predicted octanol–water partition coefficient (Wildman–Crippen LogP) is 3.01. The monoisotopic (exact) mass is 350 g/mol. The average Bonchev–Trinajstić information content (AvgIpc) is 2.61. The zero-order valence-electron chi connectivity index (χ0n) is 13.7. The molecule has 25 heavy (non-hydrogen) atoms. The summed E-state index contributed by atoms with van der Waals surface area (Å²) in [4.78, 5) is 22.4. The topological polar surface area (TPSA) is 99.9 Å². The van der Waals surface area contributed by atoms with Gasteiger partial charge < -0.3 is 19.5 Å². The molecule has 2 aromatic carbocycles. The van der Waals surface area contributed by atoms with Gasteiger partial charge in [0, 0.05) is 11.8 Å². The minimum absolute atomic E-state index is 0.0648. The van der Waals surface area contributed by atoms with Crippen LogP contribution >= 0.6 is 0 Å². The second-order valence-electron chi connectivity index (χ2n) is 4.76. The van der Waals surface area contributed by atoms with Crippen molar-refractivity contribution in [1.82, 2.24) is 0 Å². The van der Waals surface area contributed by atoms with Crippen molar-refractivity contribution in [2.75, 3.05) is 26.6 Å². The maximum atomic E-state index is 13.4. The molecule has 2 rings (SSSR count). The number of nitrogens with zero attached hydrogens (tertiary/aromatic N) is 1. The van der Waals surface area contributed by atoms with E-state index >= 15 is 0 Å². The second-order valence-corrected chi connectivity index (χ2v) is 4.76. The van der Waals surface area contributed by atoms with Crippen LogP contribution in [0.15, 0.2) is 30.3 Å². The van der Waals surface area contributed by atoms with Crippen molar-refractivity contribution in [2.45, 2.75) is 0 Å². The van der Waals surface area contributed by atoms with Crippen molar-refractivity contribution in [3.8, 4) is 17.2 Å². The number of carbonyl (C=O) groups excluding carboxylic acids is 1. The number of amides is 1. The summed E-state index contributed by atoms with van der Waals surface area (Å²) in [5.41, 5.74) is -0.556. The summed E-state index contributed by atoms with van der Waals surface area (Å²) in [7, 11) is 4.19. The predicted molar refractivity (Wildman–Crippen MR) is 87.1 cm³/mol. The first kappa shape index (κ1) is 18.0. The fourth-order valence-electron chi connectivity index (χ4n) is 2.21. The molecule has 8 nitrogen and oxygen atoms in total. The van der Waals surface area contributed by atoms with Gasteiger partial charge in [0.1, 0.15) is 0 Å². The summed E-state index contributed by atoms with van der Waals surface area (Å²) in [5.74, 6) is -0.877. The third-order valence-corrected chi connectivity index (χ3v) is 3.35. The van der Waals surface area contributed by atoms with Crippen LogP contribution in [-0.4, -0.2) is 32.2 Å². The Morgan fingerprint density at radius 2 is 1.76 bits per heavy atom. The van der Waals surface area contributed by atoms with Crippen LogP contribution in [0.4, 0.5) is 15.8 Å². The molecule has 132 valence electrons. The number of nitrogens with one attached hydrogen (secondary N) is 1. The van der Waals surface area contributed by atoms with Gasteiger partial charge >= 0.3 is 5.69 Å². The SMILES string of the molecule is COc1ccc(C(=O)Nc2ccc(F)c([N+](=O)[O-])c2)c(OC)c1OC. The van der Waals surface area contributed by atoms with E-state index in [4.69, 9.17) is 14.2 Å². The normalized spacial score (nSPS) is 10.1. The molecule has 0 aliphatic rings. The van der Waals surface area contributed by atoms with E-state index < -0.39 is 22.3 Å². The minimum atomic E-state index is -0.994. The maximum Gasteiger partial charge on any atom is 0.306 e. The highest BCUT2D eigenvalue weighted by Gasteiger charge is 2.22. The molecular formula is C16H15FN2O6. The van der Waals surface area contributed by atoms with Crippen LogP contribution in [0.2, 0.25) is 0 Å². The molecule has 0 spiro atoms. The van der Waals surface area contributed by atoms with Crippen LogP contribution in [0.5, 0.6) is 17.2 Å². The lowest BCUT2D eigenvalue weighted by Gasteiger charge is -2.15. The number of hydrogen-bond donors (Lipinski definition) is 1. The van der Waals surface area contributed by atoms with Crippen molar-refractivity contribution in [3.05, 3.63) is 51.8 Å². The van der Waals surface area contributed by atoms with Crippen molar-refractivity contribution in [3.63, 3.8) is 0 Å². The van der Waals surface area contributed by atoms with E-state index in [0.717, 1.165) is 12.1 Å². The van der Waals surface area contributed by atoms with Crippen LogP contribution in [0, 0.1) is 15.9 Å². The molecular weight excluding hydrogens is 335 g/mol. The van der Waals surface area contributed by atoms with Crippen LogP contribution in [0.1, 0.15) is 10.4 Å². The Labute approximate surface area is 142 Å². The summed E-state index contributed by atoms with van der Waals surface area (Å²) in [6.07, 6.45) is 0. The summed E-state index contributed by atoms with van der Waals surface area (Å²) in [6, 6.07) is 6.02. The lowest BCUT2D eigenvalue weighted by molar-refractivity contribution is -0.387. The number of halogens is 1. The van der Waals surface area contributed by atoms with Gasteiger partial charge in [-0.3, -0.25) is 14.9 Å². The van der Waals surface area contributed by atoms with Gasteiger partial charge in [-0.25, -0.2) is 0 Å². The smallest absolute Gasteiger partial charge is 0.306 e. The highest BCUT2D eigenvalue weighted by atomic mass is 19.1. The molecule has 0 aromatic heterocycles. The molecule has 0 saturated heterocycles. The van der Waals surface area contributed by atoms with Gasteiger partial charge in [0.25, 0.3) is 5.91 Å². The fourth-order valence-corrected chi connectivity index (χ4v) is 2.21. The van der Waals surface area contributed by atoms with Crippen molar-refractivity contribution in [2.24, 2.45) is 0 Å². The van der Waals surface area contributed by atoms with E-state index in [1.54, 1.807) is 0 Å². The molecule has 0 fully saturated rings. The van der Waals surface area contributed by atoms with Crippen molar-refractivity contribution in [1.29, 1.82) is 0 Å². The fraction of sp³-hybridized carbons (Fsp3) is 0.188. The van der Waals surface area contributed by atoms with Gasteiger partial charge in [0.05, 0.1) is 31.8 Å². The van der Waals surface area contributed by atoms with Crippen molar-refractivity contribution >= 4 is 17.3 Å². The number of hydrogen-bond acceptors (Lipinski definition) is 6. The molecule has 1 N–H and O–H groups in total. The second kappa shape index (κ2) is 7.47. The van der Waals surface area contributed by atoms with Crippen LogP contribution in [0.25, 0.3) is 0 Å². The Morgan fingerprint density at radius 3 is 2.32 bits per heavy atom. The number of carbonyl (C=O) groups is 1. The van der Waals surface area contributed by atoms with Crippen molar-refractivity contribution < 1.29 is 28.3 Å². The highest BCUT2D eigenvalue weighted by molar-refractivity contribution is 6.07. The molecule has 1 amide bonds. The Balaban J connectivity index is 2.39. The molecule has 0 heterocycles. The summed E-state index contributed by atoms with van der Waals surface area (Å²) >= 11 is 0. The zero-order valence-corrected chi connectivity index (χ0v) is 13.7. The molecule has 0 atom stereocenters. The van der Waals surface area contributed by atoms with Gasteiger partial charge in [-0.15, -0.1) is 0 Å². The zero-order chi connectivity index (χ0) is 18.6. The van der Waals surface area contributed by atoms with Gasteiger partial charge in [0.2, 0.25) is 11.6 Å². The first-order valence-electron chi connectivity index (χ1n) is 6.97. The molecule has 2 aromatic rings. The van der Waals surface area contributed by atoms with E-state index in [1.165, 1.54) is 39.5 Å². The number of anilines is 1. The average molecular weight is 350 g/mol. The lowest BCUT2D eigenvalue weighted by atomic mass is 10.1. The van der Waals surface area contributed by atoms with Gasteiger partial charge in [-0.05, 0) is 24.3 Å². The van der Waals surface area contributed by atoms with Crippen LogP contribution < -0.4 is 19.5 Å². The minimum Gasteiger partial charge on any atom is -0.493 e. The van der Waals surface area contributed by atoms with E-state index in [2.05, 4.69) is 5.32 Å². The molecule has 9 heteroatoms. The van der Waals surface area contributed by atoms with Gasteiger partial charge in [0.15, 0.2) is 11.5 Å².